The first kappa shape index (κ1) is 24.0. The number of esters is 1. The monoisotopic (exact) mass is 475 g/mol. The van der Waals surface area contributed by atoms with Gasteiger partial charge in [0.1, 0.15) is 6.04 Å². The molecule has 2 aromatic carbocycles. The third-order valence-electron chi connectivity index (χ3n) is 4.78. The smallest absolute Gasteiger partial charge is 0.324 e. The Morgan fingerprint density at radius 1 is 1.12 bits per heavy atom. The van der Waals surface area contributed by atoms with Crippen molar-refractivity contribution < 1.29 is 22.7 Å². The second-order valence-electron chi connectivity index (χ2n) is 7.06. The van der Waals surface area contributed by atoms with Crippen LogP contribution in [0.1, 0.15) is 18.4 Å². The number of carbonyl (C=O) groups excluding carboxylic acids is 2. The molecule has 32 heavy (non-hydrogen) atoms. The summed E-state index contributed by atoms with van der Waals surface area (Å²) >= 11 is 1.48. The number of amides is 1. The fourth-order valence-corrected chi connectivity index (χ4v) is 4.81. The van der Waals surface area contributed by atoms with E-state index in [1.54, 1.807) is 18.2 Å². The lowest BCUT2D eigenvalue weighted by atomic mass is 10.1. The number of hydrazone groups is 1. The molecule has 0 saturated heterocycles. The van der Waals surface area contributed by atoms with Crippen LogP contribution in [0.5, 0.6) is 0 Å². The van der Waals surface area contributed by atoms with Gasteiger partial charge in [-0.05, 0) is 36.1 Å². The SMILES string of the molecule is CSCC[C@H](NS(=O)(=O)c1ccccc1)C(=O)OCC(=O)N1CCC(c2ccccc2)=N1. The minimum atomic E-state index is -3.90. The van der Waals surface area contributed by atoms with Gasteiger partial charge < -0.3 is 4.74 Å². The van der Waals surface area contributed by atoms with Gasteiger partial charge in [0.25, 0.3) is 5.91 Å². The van der Waals surface area contributed by atoms with Gasteiger partial charge in [-0.15, -0.1) is 0 Å². The highest BCUT2D eigenvalue weighted by molar-refractivity contribution is 7.98. The Kier molecular flexibility index (Phi) is 8.43. The van der Waals surface area contributed by atoms with Crippen LogP contribution in [0.25, 0.3) is 0 Å². The predicted molar refractivity (Wildman–Crippen MR) is 124 cm³/mol. The van der Waals surface area contributed by atoms with Crippen LogP contribution >= 0.6 is 11.8 Å². The Hall–Kier alpha value is -2.69. The molecular formula is C22H25N3O5S2. The normalized spacial score (nSPS) is 14.7. The molecule has 0 aliphatic carbocycles. The van der Waals surface area contributed by atoms with Gasteiger partial charge in [-0.2, -0.15) is 21.6 Å². The quantitative estimate of drug-likeness (QED) is 0.529. The van der Waals surface area contributed by atoms with E-state index in [1.165, 1.54) is 28.9 Å². The Morgan fingerprint density at radius 2 is 1.78 bits per heavy atom. The van der Waals surface area contributed by atoms with E-state index in [2.05, 4.69) is 9.82 Å². The highest BCUT2D eigenvalue weighted by Gasteiger charge is 2.28. The number of thioether (sulfide) groups is 1. The second-order valence-corrected chi connectivity index (χ2v) is 9.76. The second kappa shape index (κ2) is 11.3. The van der Waals surface area contributed by atoms with Crippen molar-refractivity contribution in [3.8, 4) is 0 Å². The Labute approximate surface area is 192 Å². The summed E-state index contributed by atoms with van der Waals surface area (Å²) in [5.74, 6) is -0.709. The number of hydrogen-bond donors (Lipinski definition) is 1. The summed E-state index contributed by atoms with van der Waals surface area (Å²) in [5, 5.41) is 5.60. The maximum absolute atomic E-state index is 12.6. The highest BCUT2D eigenvalue weighted by Crippen LogP contribution is 2.15. The van der Waals surface area contributed by atoms with Crippen LogP contribution < -0.4 is 4.72 Å². The molecule has 1 amide bonds. The molecule has 0 spiro atoms. The van der Waals surface area contributed by atoms with E-state index < -0.39 is 34.5 Å². The van der Waals surface area contributed by atoms with E-state index in [4.69, 9.17) is 4.74 Å². The van der Waals surface area contributed by atoms with E-state index in [0.717, 1.165) is 11.3 Å². The molecule has 0 aromatic heterocycles. The van der Waals surface area contributed by atoms with Crippen LogP contribution in [-0.4, -0.2) is 62.2 Å². The summed E-state index contributed by atoms with van der Waals surface area (Å²) in [7, 11) is -3.90. The van der Waals surface area contributed by atoms with E-state index in [0.29, 0.717) is 18.7 Å². The van der Waals surface area contributed by atoms with Gasteiger partial charge in [-0.3, -0.25) is 9.59 Å². The van der Waals surface area contributed by atoms with Crippen LogP contribution in [0.3, 0.4) is 0 Å². The van der Waals surface area contributed by atoms with Crippen molar-refractivity contribution in [1.29, 1.82) is 0 Å². The first-order valence-electron chi connectivity index (χ1n) is 10.1. The van der Waals surface area contributed by atoms with Gasteiger partial charge in [-0.1, -0.05) is 48.5 Å². The van der Waals surface area contributed by atoms with Crippen molar-refractivity contribution in [2.45, 2.75) is 23.8 Å². The van der Waals surface area contributed by atoms with Crippen molar-refractivity contribution in [3.05, 3.63) is 66.2 Å². The molecule has 1 aliphatic heterocycles. The van der Waals surface area contributed by atoms with E-state index in [-0.39, 0.29) is 11.3 Å². The van der Waals surface area contributed by atoms with Gasteiger partial charge in [0.05, 0.1) is 17.2 Å². The molecule has 1 atom stereocenters. The third kappa shape index (κ3) is 6.41. The van der Waals surface area contributed by atoms with Gasteiger partial charge in [0.2, 0.25) is 10.0 Å². The number of nitrogens with one attached hydrogen (secondary N) is 1. The first-order valence-corrected chi connectivity index (χ1v) is 12.9. The van der Waals surface area contributed by atoms with Crippen molar-refractivity contribution in [2.75, 3.05) is 25.2 Å². The molecule has 0 radical (unpaired) electrons. The predicted octanol–water partition coefficient (Wildman–Crippen LogP) is 2.27. The molecule has 3 rings (SSSR count). The molecule has 1 aliphatic rings. The fraction of sp³-hybridized carbons (Fsp3) is 0.318. The van der Waals surface area contributed by atoms with Gasteiger partial charge >= 0.3 is 5.97 Å². The van der Waals surface area contributed by atoms with Crippen LogP contribution in [-0.2, 0) is 24.3 Å². The summed E-state index contributed by atoms with van der Waals surface area (Å²) in [6, 6.07) is 16.2. The number of hydrogen-bond acceptors (Lipinski definition) is 7. The molecule has 0 bridgehead atoms. The number of carbonyl (C=O) groups is 2. The first-order chi connectivity index (χ1) is 15.4. The third-order valence-corrected chi connectivity index (χ3v) is 6.91. The molecule has 2 aromatic rings. The van der Waals surface area contributed by atoms with Crippen molar-refractivity contribution >= 4 is 39.4 Å². The number of rotatable bonds is 10. The van der Waals surface area contributed by atoms with Crippen LogP contribution in [0.4, 0.5) is 0 Å². The average molecular weight is 476 g/mol. The van der Waals surface area contributed by atoms with Crippen LogP contribution in [0.15, 0.2) is 70.7 Å². The molecular weight excluding hydrogens is 450 g/mol. The summed E-state index contributed by atoms with van der Waals surface area (Å²) in [6.07, 6.45) is 2.70. The molecule has 1 heterocycles. The van der Waals surface area contributed by atoms with E-state index in [9.17, 15) is 18.0 Å². The maximum atomic E-state index is 12.6. The van der Waals surface area contributed by atoms with Gasteiger partial charge in [-0.25, -0.2) is 13.4 Å². The number of sulfonamides is 1. The lowest BCUT2D eigenvalue weighted by Crippen LogP contribution is -2.43. The Bertz CT molecular complexity index is 1060. The van der Waals surface area contributed by atoms with E-state index in [1.807, 2.05) is 36.6 Å². The zero-order chi connectivity index (χ0) is 23.0. The Balaban J connectivity index is 1.60. The summed E-state index contributed by atoms with van der Waals surface area (Å²) in [4.78, 5) is 25.1. The van der Waals surface area contributed by atoms with Gasteiger partial charge in [0, 0.05) is 6.42 Å². The molecule has 170 valence electrons. The summed E-state index contributed by atoms with van der Waals surface area (Å²) in [6.45, 7) is -0.107. The maximum Gasteiger partial charge on any atom is 0.324 e. The fourth-order valence-electron chi connectivity index (χ4n) is 3.09. The Morgan fingerprint density at radius 3 is 2.44 bits per heavy atom. The van der Waals surface area contributed by atoms with Crippen LogP contribution in [0.2, 0.25) is 0 Å². The number of ether oxygens (including phenoxy) is 1. The zero-order valence-electron chi connectivity index (χ0n) is 17.6. The summed E-state index contributed by atoms with van der Waals surface area (Å²) in [5.41, 5.74) is 1.73. The highest BCUT2D eigenvalue weighted by atomic mass is 32.2. The van der Waals surface area contributed by atoms with E-state index >= 15 is 0 Å². The molecule has 1 N–H and O–H groups in total. The average Bonchev–Trinajstić information content (AvgIpc) is 3.31. The number of nitrogens with zero attached hydrogens (tertiary/aromatic N) is 2. The molecule has 10 heteroatoms. The zero-order valence-corrected chi connectivity index (χ0v) is 19.3. The lowest BCUT2D eigenvalue weighted by molar-refractivity contribution is -0.153. The minimum Gasteiger partial charge on any atom is -0.454 e. The largest absolute Gasteiger partial charge is 0.454 e. The molecule has 8 nitrogen and oxygen atoms in total. The molecule has 0 unspecified atom stereocenters. The summed E-state index contributed by atoms with van der Waals surface area (Å²) < 4.78 is 32.8. The van der Waals surface area contributed by atoms with Crippen molar-refractivity contribution in [3.63, 3.8) is 0 Å². The van der Waals surface area contributed by atoms with Crippen molar-refractivity contribution in [2.24, 2.45) is 5.10 Å². The standard InChI is InChI=1S/C22H25N3O5S2/c1-31-15-13-20(24-32(28,29)18-10-6-3-7-11-18)22(27)30-16-21(26)25-14-12-19(23-25)17-8-4-2-5-9-17/h2-11,20,24H,12-16H2,1H3/t20-/m0/s1. The number of benzene rings is 2. The minimum absolute atomic E-state index is 0.0536. The molecule has 0 saturated carbocycles. The van der Waals surface area contributed by atoms with Crippen molar-refractivity contribution in [1.82, 2.24) is 9.73 Å². The van der Waals surface area contributed by atoms with Gasteiger partial charge in [0.15, 0.2) is 6.61 Å². The lowest BCUT2D eigenvalue weighted by Gasteiger charge is -2.18. The molecule has 0 fully saturated rings. The topological polar surface area (TPSA) is 105 Å². The van der Waals surface area contributed by atoms with Crippen LogP contribution in [0, 0.1) is 0 Å².